The molecule has 0 fully saturated rings. The number of alkyl halides is 3. The van der Waals surface area contributed by atoms with Crippen molar-refractivity contribution in [1.29, 1.82) is 0 Å². The molecule has 0 saturated heterocycles. The lowest BCUT2D eigenvalue weighted by Gasteiger charge is -2.10. The van der Waals surface area contributed by atoms with Gasteiger partial charge in [0.1, 0.15) is 0 Å². The lowest BCUT2D eigenvalue weighted by Crippen LogP contribution is -2.16. The first-order chi connectivity index (χ1) is 8.71. The molecule has 2 aromatic heterocycles. The number of pyridine rings is 2. The number of hydrogen-bond donors (Lipinski definition) is 1. The summed E-state index contributed by atoms with van der Waals surface area (Å²) in [6, 6.07) is 0.603. The predicted octanol–water partition coefficient (Wildman–Crippen LogP) is 3.14. The second kappa shape index (κ2) is 4.30. The van der Waals surface area contributed by atoms with Gasteiger partial charge in [-0.1, -0.05) is 11.6 Å². The van der Waals surface area contributed by atoms with Crippen LogP contribution in [0.3, 0.4) is 0 Å². The fourth-order valence-electron chi connectivity index (χ4n) is 1.45. The fraction of sp³-hybridized carbons (Fsp3) is 0.100. The summed E-state index contributed by atoms with van der Waals surface area (Å²) in [6.07, 6.45) is -4.36. The molecule has 0 unspecified atom stereocenters. The summed E-state index contributed by atoms with van der Waals surface area (Å²) in [5, 5.41) is 7.92. The van der Waals surface area contributed by atoms with Crippen LogP contribution in [0.1, 0.15) is 16.1 Å². The van der Waals surface area contributed by atoms with Crippen molar-refractivity contribution in [3.63, 3.8) is 0 Å². The maximum Gasteiger partial charge on any atom is 0.434 e. The molecule has 0 atom stereocenters. The summed E-state index contributed by atoms with van der Waals surface area (Å²) in [5.74, 6) is -2.82. The number of rotatable bonds is 1. The van der Waals surface area contributed by atoms with Gasteiger partial charge in [-0.3, -0.25) is 0 Å². The Labute approximate surface area is 107 Å². The van der Waals surface area contributed by atoms with Gasteiger partial charge in [0.05, 0.1) is 16.8 Å². The average Bonchev–Trinajstić information content (AvgIpc) is 2.31. The summed E-state index contributed by atoms with van der Waals surface area (Å²) in [4.78, 5) is 17.3. The molecule has 19 heavy (non-hydrogen) atoms. The summed E-state index contributed by atoms with van der Waals surface area (Å²) in [6.45, 7) is 0. The summed E-state index contributed by atoms with van der Waals surface area (Å²) < 4.78 is 51.1. The van der Waals surface area contributed by atoms with Crippen LogP contribution in [0.5, 0.6) is 0 Å². The molecular formula is C10H3ClF4N2O2. The number of halogens is 5. The molecule has 0 saturated carbocycles. The van der Waals surface area contributed by atoms with Gasteiger partial charge in [-0.25, -0.2) is 19.2 Å². The summed E-state index contributed by atoms with van der Waals surface area (Å²) in [7, 11) is 0. The molecule has 0 spiro atoms. The lowest BCUT2D eigenvalue weighted by molar-refractivity contribution is -0.141. The molecule has 4 nitrogen and oxygen atoms in total. The van der Waals surface area contributed by atoms with Crippen molar-refractivity contribution in [2.45, 2.75) is 6.18 Å². The third-order valence-corrected chi connectivity index (χ3v) is 2.63. The van der Waals surface area contributed by atoms with Gasteiger partial charge >= 0.3 is 12.1 Å². The van der Waals surface area contributed by atoms with E-state index in [-0.39, 0.29) is 5.39 Å². The molecule has 2 rings (SSSR count). The van der Waals surface area contributed by atoms with E-state index in [9.17, 15) is 22.4 Å². The van der Waals surface area contributed by atoms with E-state index in [1.165, 1.54) is 0 Å². The zero-order valence-electron chi connectivity index (χ0n) is 8.79. The number of carboxylic acids is 1. The van der Waals surface area contributed by atoms with Crippen LogP contribution in [-0.4, -0.2) is 21.0 Å². The van der Waals surface area contributed by atoms with Crippen LogP contribution < -0.4 is 0 Å². The van der Waals surface area contributed by atoms with E-state index in [0.717, 1.165) is 0 Å². The van der Waals surface area contributed by atoms with Crippen LogP contribution in [0.25, 0.3) is 11.0 Å². The first-order valence-corrected chi connectivity index (χ1v) is 5.05. The topological polar surface area (TPSA) is 63.1 Å². The molecule has 2 aromatic rings. The third-order valence-electron chi connectivity index (χ3n) is 2.25. The minimum absolute atomic E-state index is 0.299. The molecule has 0 amide bonds. The number of fused-ring (bicyclic) bond motifs is 1. The Kier molecular flexibility index (Phi) is 3.05. The molecule has 0 aliphatic rings. The number of carbonyl (C=O) groups is 1. The van der Waals surface area contributed by atoms with Gasteiger partial charge in [-0.2, -0.15) is 13.2 Å². The van der Waals surface area contributed by atoms with Gasteiger partial charge in [-0.15, -0.1) is 0 Å². The van der Waals surface area contributed by atoms with Crippen molar-refractivity contribution < 1.29 is 27.5 Å². The number of aromatic carboxylic acids is 1. The monoisotopic (exact) mass is 294 g/mol. The minimum atomic E-state index is -4.97. The van der Waals surface area contributed by atoms with E-state index in [2.05, 4.69) is 9.97 Å². The third kappa shape index (κ3) is 2.30. The van der Waals surface area contributed by atoms with Crippen LogP contribution in [0.2, 0.25) is 5.02 Å². The molecular weight excluding hydrogens is 292 g/mol. The maximum absolute atomic E-state index is 13.1. The van der Waals surface area contributed by atoms with Gasteiger partial charge in [0, 0.05) is 5.39 Å². The van der Waals surface area contributed by atoms with Crippen molar-refractivity contribution in [3.8, 4) is 0 Å². The Morgan fingerprint density at radius 3 is 2.53 bits per heavy atom. The highest BCUT2D eigenvalue weighted by Crippen LogP contribution is 2.34. The second-order valence-electron chi connectivity index (χ2n) is 3.48. The molecule has 2 heterocycles. The van der Waals surface area contributed by atoms with Gasteiger partial charge in [0.2, 0.25) is 0 Å². The van der Waals surface area contributed by atoms with Crippen molar-refractivity contribution >= 4 is 28.6 Å². The Hall–Kier alpha value is -1.96. The Morgan fingerprint density at radius 2 is 2.00 bits per heavy atom. The average molecular weight is 295 g/mol. The van der Waals surface area contributed by atoms with Crippen LogP contribution in [0.15, 0.2) is 12.3 Å². The summed E-state index contributed by atoms with van der Waals surface area (Å²) >= 11 is 5.54. The van der Waals surface area contributed by atoms with Crippen molar-refractivity contribution in [2.75, 3.05) is 0 Å². The second-order valence-corrected chi connectivity index (χ2v) is 3.86. The highest BCUT2D eigenvalue weighted by atomic mass is 35.5. The van der Waals surface area contributed by atoms with E-state index in [0.29, 0.717) is 12.3 Å². The highest BCUT2D eigenvalue weighted by Gasteiger charge is 2.38. The van der Waals surface area contributed by atoms with E-state index in [1.807, 2.05) is 0 Å². The SMILES string of the molecule is O=C(O)c1cc2c(Cl)c(F)cnc2nc1C(F)(F)F. The smallest absolute Gasteiger partial charge is 0.434 e. The normalized spacial score (nSPS) is 11.8. The molecule has 0 radical (unpaired) electrons. The number of carboxylic acid groups (broad SMARTS) is 1. The molecule has 9 heteroatoms. The maximum atomic E-state index is 13.1. The van der Waals surface area contributed by atoms with E-state index in [4.69, 9.17) is 16.7 Å². The number of hydrogen-bond acceptors (Lipinski definition) is 3. The molecule has 100 valence electrons. The van der Waals surface area contributed by atoms with Gasteiger partial charge in [0.25, 0.3) is 0 Å². The van der Waals surface area contributed by atoms with Gasteiger partial charge in [0.15, 0.2) is 17.2 Å². The molecule has 1 N–H and O–H groups in total. The Bertz CT molecular complexity index is 687. The molecule has 0 aliphatic heterocycles. The quantitative estimate of drug-likeness (QED) is 0.821. The predicted molar refractivity (Wildman–Crippen MR) is 56.5 cm³/mol. The van der Waals surface area contributed by atoms with E-state index in [1.54, 1.807) is 0 Å². The van der Waals surface area contributed by atoms with Crippen molar-refractivity contribution in [3.05, 3.63) is 34.4 Å². The fourth-order valence-corrected chi connectivity index (χ4v) is 1.63. The van der Waals surface area contributed by atoms with E-state index < -0.39 is 39.9 Å². The largest absolute Gasteiger partial charge is 0.478 e. The van der Waals surface area contributed by atoms with Gasteiger partial charge in [-0.05, 0) is 6.07 Å². The molecule has 0 bridgehead atoms. The van der Waals surface area contributed by atoms with Crippen molar-refractivity contribution in [2.24, 2.45) is 0 Å². The van der Waals surface area contributed by atoms with Crippen LogP contribution in [0.4, 0.5) is 17.6 Å². The van der Waals surface area contributed by atoms with Gasteiger partial charge < -0.3 is 5.11 Å². The zero-order chi connectivity index (χ0) is 14.4. The van der Waals surface area contributed by atoms with Crippen LogP contribution >= 0.6 is 11.6 Å². The molecule has 0 aromatic carbocycles. The number of aromatic nitrogens is 2. The first-order valence-electron chi connectivity index (χ1n) is 4.67. The Morgan fingerprint density at radius 1 is 1.37 bits per heavy atom. The zero-order valence-corrected chi connectivity index (χ0v) is 9.55. The van der Waals surface area contributed by atoms with Crippen LogP contribution in [-0.2, 0) is 6.18 Å². The Balaban J connectivity index is 2.88. The molecule has 0 aliphatic carbocycles. The minimum Gasteiger partial charge on any atom is -0.478 e. The van der Waals surface area contributed by atoms with Crippen molar-refractivity contribution in [1.82, 2.24) is 9.97 Å². The first kappa shape index (κ1) is 13.5. The highest BCUT2D eigenvalue weighted by molar-refractivity contribution is 6.35. The van der Waals surface area contributed by atoms with E-state index >= 15 is 0 Å². The van der Waals surface area contributed by atoms with Crippen LogP contribution in [0, 0.1) is 5.82 Å². The lowest BCUT2D eigenvalue weighted by atomic mass is 10.1. The standard InChI is InChI=1S/C10H3ClF4N2O2/c11-6-3-1-4(9(18)19)7(10(13,14)15)17-8(3)16-2-5(6)12/h1-2H,(H,18,19). The number of nitrogens with zero attached hydrogens (tertiary/aromatic N) is 2. The summed E-state index contributed by atoms with van der Waals surface area (Å²) in [5.41, 5.74) is -3.21.